The summed E-state index contributed by atoms with van der Waals surface area (Å²) >= 11 is 0. The lowest BCUT2D eigenvalue weighted by Gasteiger charge is -2.33. The number of alkyl halides is 3. The third-order valence-electron chi connectivity index (χ3n) is 4.35. The van der Waals surface area contributed by atoms with Gasteiger partial charge in [0.15, 0.2) is 0 Å². The van der Waals surface area contributed by atoms with Crippen LogP contribution in [0, 0.1) is 0 Å². The predicted octanol–water partition coefficient (Wildman–Crippen LogP) is 2.71. The van der Waals surface area contributed by atoms with Crippen LogP contribution in [0.5, 0.6) is 5.75 Å². The number of hydrogen-bond acceptors (Lipinski definition) is 4. The van der Waals surface area contributed by atoms with E-state index in [-0.39, 0.29) is 17.7 Å². The number of aromatic nitrogens is 2. The van der Waals surface area contributed by atoms with Crippen molar-refractivity contribution in [3.63, 3.8) is 0 Å². The molecule has 2 heterocycles. The van der Waals surface area contributed by atoms with Gasteiger partial charge in [0.25, 0.3) is 5.91 Å². The molecule has 1 aromatic carbocycles. The number of likely N-dealkylation sites (tertiary alicyclic amines) is 1. The summed E-state index contributed by atoms with van der Waals surface area (Å²) in [7, 11) is 1.75. The highest BCUT2D eigenvalue weighted by Crippen LogP contribution is 2.23. The van der Waals surface area contributed by atoms with E-state index in [1.165, 1.54) is 12.1 Å². The Hall–Kier alpha value is -2.55. The number of nitrogens with one attached hydrogen (secondary N) is 1. The van der Waals surface area contributed by atoms with Crippen molar-refractivity contribution in [3.05, 3.63) is 47.8 Å². The average Bonchev–Trinajstić information content (AvgIpc) is 3.02. The van der Waals surface area contributed by atoms with Gasteiger partial charge in [-0.1, -0.05) is 12.1 Å². The molecule has 1 aliphatic heterocycles. The molecule has 0 saturated carbocycles. The van der Waals surface area contributed by atoms with Gasteiger partial charge in [-0.05, 0) is 43.1 Å². The molecule has 1 aliphatic rings. The number of hydrogen-bond donors (Lipinski definition) is 1. The van der Waals surface area contributed by atoms with E-state index in [1.54, 1.807) is 36.1 Å². The first-order chi connectivity index (χ1) is 12.8. The second-order valence-electron chi connectivity index (χ2n) is 6.61. The monoisotopic (exact) mass is 382 g/mol. The quantitative estimate of drug-likeness (QED) is 0.864. The van der Waals surface area contributed by atoms with Crippen molar-refractivity contribution in [2.45, 2.75) is 31.8 Å². The minimum atomic E-state index is -4.69. The maximum absolute atomic E-state index is 12.2. The van der Waals surface area contributed by atoms with Gasteiger partial charge in [-0.15, -0.1) is 13.2 Å². The first kappa shape index (κ1) is 19.2. The molecule has 1 amide bonds. The van der Waals surface area contributed by atoms with E-state index in [0.717, 1.165) is 24.9 Å². The SMILES string of the molecule is Cn1ccc(C(=O)NC2CCCN(Cc3ccc(OC(F)(F)F)cc3)C2)n1. The van der Waals surface area contributed by atoms with Crippen molar-refractivity contribution >= 4 is 5.91 Å². The molecule has 0 bridgehead atoms. The van der Waals surface area contributed by atoms with Crippen molar-refractivity contribution < 1.29 is 22.7 Å². The van der Waals surface area contributed by atoms with Crippen LogP contribution < -0.4 is 10.1 Å². The summed E-state index contributed by atoms with van der Waals surface area (Å²) in [6, 6.07) is 7.55. The largest absolute Gasteiger partial charge is 0.573 e. The van der Waals surface area contributed by atoms with Crippen LogP contribution in [0.15, 0.2) is 36.5 Å². The lowest BCUT2D eigenvalue weighted by molar-refractivity contribution is -0.274. The smallest absolute Gasteiger partial charge is 0.406 e. The molecule has 2 aromatic rings. The molecule has 27 heavy (non-hydrogen) atoms. The van der Waals surface area contributed by atoms with Crippen LogP contribution in [0.4, 0.5) is 13.2 Å². The van der Waals surface area contributed by atoms with Crippen LogP contribution in [-0.4, -0.2) is 46.1 Å². The Bertz CT molecular complexity index is 774. The number of carbonyl (C=O) groups is 1. The normalized spacial score (nSPS) is 18.3. The zero-order chi connectivity index (χ0) is 19.4. The minimum Gasteiger partial charge on any atom is -0.406 e. The minimum absolute atomic E-state index is 0.0149. The summed E-state index contributed by atoms with van der Waals surface area (Å²) in [5, 5.41) is 7.09. The number of amides is 1. The molecule has 3 rings (SSSR count). The number of rotatable bonds is 5. The van der Waals surface area contributed by atoms with E-state index in [0.29, 0.717) is 18.8 Å². The lowest BCUT2D eigenvalue weighted by Crippen LogP contribution is -2.47. The molecule has 0 aliphatic carbocycles. The molecule has 1 fully saturated rings. The summed E-state index contributed by atoms with van der Waals surface area (Å²) in [5.41, 5.74) is 1.27. The van der Waals surface area contributed by atoms with Gasteiger partial charge in [-0.2, -0.15) is 5.10 Å². The van der Waals surface area contributed by atoms with Gasteiger partial charge in [-0.3, -0.25) is 14.4 Å². The second kappa shape index (κ2) is 7.99. The fraction of sp³-hybridized carbons (Fsp3) is 0.444. The third kappa shape index (κ3) is 5.72. The molecule has 6 nitrogen and oxygen atoms in total. The Morgan fingerprint density at radius 1 is 1.30 bits per heavy atom. The van der Waals surface area contributed by atoms with Gasteiger partial charge in [0.2, 0.25) is 0 Å². The Kier molecular flexibility index (Phi) is 5.69. The van der Waals surface area contributed by atoms with E-state index >= 15 is 0 Å². The van der Waals surface area contributed by atoms with Crippen molar-refractivity contribution in [1.82, 2.24) is 20.0 Å². The molecule has 1 aromatic heterocycles. The van der Waals surface area contributed by atoms with Crippen LogP contribution in [0.25, 0.3) is 0 Å². The van der Waals surface area contributed by atoms with Gasteiger partial charge in [0.05, 0.1) is 0 Å². The van der Waals surface area contributed by atoms with Crippen molar-refractivity contribution in [2.24, 2.45) is 7.05 Å². The number of ether oxygens (including phenoxy) is 1. The van der Waals surface area contributed by atoms with Gasteiger partial charge in [0, 0.05) is 32.4 Å². The Labute approximate surface area is 154 Å². The zero-order valence-corrected chi connectivity index (χ0v) is 14.9. The standard InChI is InChI=1S/C18H21F3N4O2/c1-24-10-8-16(23-24)17(26)22-14-3-2-9-25(12-14)11-13-4-6-15(7-5-13)27-18(19,20)21/h4-8,10,14H,2-3,9,11-12H2,1H3,(H,22,26). The lowest BCUT2D eigenvalue weighted by atomic mass is 10.0. The van der Waals surface area contributed by atoms with Crippen LogP contribution in [-0.2, 0) is 13.6 Å². The van der Waals surface area contributed by atoms with Crippen molar-refractivity contribution in [2.75, 3.05) is 13.1 Å². The maximum Gasteiger partial charge on any atom is 0.573 e. The number of benzene rings is 1. The molecule has 9 heteroatoms. The molecule has 1 unspecified atom stereocenters. The summed E-state index contributed by atoms with van der Waals surface area (Å²) in [6.45, 7) is 2.15. The summed E-state index contributed by atoms with van der Waals surface area (Å²) in [4.78, 5) is 14.4. The Morgan fingerprint density at radius 3 is 2.67 bits per heavy atom. The highest BCUT2D eigenvalue weighted by Gasteiger charge is 2.31. The zero-order valence-electron chi connectivity index (χ0n) is 14.9. The molecule has 146 valence electrons. The third-order valence-corrected chi connectivity index (χ3v) is 4.35. The van der Waals surface area contributed by atoms with Crippen LogP contribution in [0.2, 0.25) is 0 Å². The fourth-order valence-corrected chi connectivity index (χ4v) is 3.17. The number of aryl methyl sites for hydroxylation is 1. The highest BCUT2D eigenvalue weighted by molar-refractivity contribution is 5.92. The highest BCUT2D eigenvalue weighted by atomic mass is 19.4. The van der Waals surface area contributed by atoms with Gasteiger partial charge >= 0.3 is 6.36 Å². The van der Waals surface area contributed by atoms with Gasteiger partial charge in [0.1, 0.15) is 11.4 Å². The molecule has 0 spiro atoms. The van der Waals surface area contributed by atoms with Crippen molar-refractivity contribution in [3.8, 4) is 5.75 Å². The van der Waals surface area contributed by atoms with E-state index in [1.807, 2.05) is 0 Å². The van der Waals surface area contributed by atoms with Crippen LogP contribution in [0.3, 0.4) is 0 Å². The fourth-order valence-electron chi connectivity index (χ4n) is 3.17. The van der Waals surface area contributed by atoms with Crippen LogP contribution in [0.1, 0.15) is 28.9 Å². The van der Waals surface area contributed by atoms with Crippen molar-refractivity contribution in [1.29, 1.82) is 0 Å². The van der Waals surface area contributed by atoms with Gasteiger partial charge in [-0.25, -0.2) is 0 Å². The molecule has 1 atom stereocenters. The predicted molar refractivity (Wildman–Crippen MR) is 92.1 cm³/mol. The molecule has 0 radical (unpaired) electrons. The molecular formula is C18H21F3N4O2. The topological polar surface area (TPSA) is 59.4 Å². The second-order valence-corrected chi connectivity index (χ2v) is 6.61. The average molecular weight is 382 g/mol. The Morgan fingerprint density at radius 2 is 2.04 bits per heavy atom. The van der Waals surface area contributed by atoms with E-state index < -0.39 is 6.36 Å². The number of carbonyl (C=O) groups excluding carboxylic acids is 1. The summed E-state index contributed by atoms with van der Waals surface area (Å²) in [6.07, 6.45) is -1.16. The van der Waals surface area contributed by atoms with Crippen LogP contribution >= 0.6 is 0 Å². The summed E-state index contributed by atoms with van der Waals surface area (Å²) in [5.74, 6) is -0.429. The molecular weight excluding hydrogens is 361 g/mol. The molecule has 1 saturated heterocycles. The summed E-state index contributed by atoms with van der Waals surface area (Å²) < 4.78 is 42.1. The van der Waals surface area contributed by atoms with E-state index in [9.17, 15) is 18.0 Å². The number of piperidine rings is 1. The number of halogens is 3. The maximum atomic E-state index is 12.2. The first-order valence-corrected chi connectivity index (χ1v) is 8.66. The first-order valence-electron chi connectivity index (χ1n) is 8.66. The van der Waals surface area contributed by atoms with E-state index in [2.05, 4.69) is 20.1 Å². The Balaban J connectivity index is 1.53. The number of nitrogens with zero attached hydrogens (tertiary/aromatic N) is 3. The molecule has 1 N–H and O–H groups in total. The van der Waals surface area contributed by atoms with E-state index in [4.69, 9.17) is 0 Å². The van der Waals surface area contributed by atoms with Gasteiger partial charge < -0.3 is 10.1 Å².